The topological polar surface area (TPSA) is 227 Å². The zero-order valence-corrected chi connectivity index (χ0v) is 25.0. The highest BCUT2D eigenvalue weighted by Gasteiger charge is 2.64. The normalized spacial score (nSPS) is 29.9. The number of rotatable bonds is 3. The van der Waals surface area contributed by atoms with Crippen molar-refractivity contribution in [3.8, 4) is 34.1 Å². The van der Waals surface area contributed by atoms with Gasteiger partial charge in [0.1, 0.15) is 57.9 Å². The number of fused-ring (bicyclic) bond motifs is 4. The van der Waals surface area contributed by atoms with Gasteiger partial charge in [-0.2, -0.15) is 0 Å². The Morgan fingerprint density at radius 2 is 1.04 bits per heavy atom. The van der Waals surface area contributed by atoms with Gasteiger partial charge >= 0.3 is 11.9 Å². The molecule has 6 N–H and O–H groups in total. The Hall–Kier alpha value is -5.08. The van der Waals surface area contributed by atoms with Gasteiger partial charge in [-0.1, -0.05) is 13.8 Å². The maximum Gasteiger partial charge on any atom is 0.358 e. The number of phenols is 2. The Kier molecular flexibility index (Phi) is 6.87. The molecule has 0 amide bonds. The number of carbonyl (C=O) groups excluding carboxylic acids is 4. The number of hydrogen-bond donors (Lipinski definition) is 6. The molecular weight excluding hydrogens is 608 g/mol. The van der Waals surface area contributed by atoms with E-state index in [2.05, 4.69) is 0 Å². The summed E-state index contributed by atoms with van der Waals surface area (Å²) in [6, 6.07) is 4.92. The van der Waals surface area contributed by atoms with E-state index in [4.69, 9.17) is 18.9 Å². The largest absolute Gasteiger partial charge is 0.506 e. The summed E-state index contributed by atoms with van der Waals surface area (Å²) in [7, 11) is 2.04. The molecule has 2 saturated carbocycles. The molecule has 6 atom stereocenters. The Labute approximate surface area is 260 Å². The van der Waals surface area contributed by atoms with Crippen LogP contribution in [0.5, 0.6) is 23.0 Å². The van der Waals surface area contributed by atoms with Crippen molar-refractivity contribution in [1.29, 1.82) is 0 Å². The molecule has 0 radical (unpaired) electrons. The van der Waals surface area contributed by atoms with Crippen LogP contribution in [0.25, 0.3) is 22.6 Å². The molecule has 2 aliphatic heterocycles. The van der Waals surface area contributed by atoms with E-state index < -0.39 is 104 Å². The third-order valence-electron chi connectivity index (χ3n) is 9.26. The molecule has 1 unspecified atom stereocenters. The van der Waals surface area contributed by atoms with Crippen LogP contribution in [0.3, 0.4) is 0 Å². The molecule has 0 aromatic heterocycles. The lowest BCUT2D eigenvalue weighted by Crippen LogP contribution is -2.64. The average molecular weight is 639 g/mol. The molecule has 6 rings (SSSR count). The molecule has 2 heterocycles. The third-order valence-corrected chi connectivity index (χ3v) is 9.26. The molecule has 4 aliphatic rings. The number of ether oxygens (including phenoxy) is 4. The van der Waals surface area contributed by atoms with Gasteiger partial charge in [0.25, 0.3) is 11.2 Å². The van der Waals surface area contributed by atoms with E-state index in [1.54, 1.807) is 0 Å². The van der Waals surface area contributed by atoms with E-state index in [1.807, 2.05) is 0 Å². The minimum atomic E-state index is -2.42. The maximum atomic E-state index is 13.2. The number of hydrogen-bond acceptors (Lipinski definition) is 14. The van der Waals surface area contributed by atoms with Crippen molar-refractivity contribution < 1.29 is 68.8 Å². The first-order valence-corrected chi connectivity index (χ1v) is 14.3. The zero-order chi connectivity index (χ0) is 33.6. The quantitative estimate of drug-likeness (QED) is 0.264. The Morgan fingerprint density at radius 1 is 0.696 bits per heavy atom. The molecule has 0 spiro atoms. The van der Waals surface area contributed by atoms with Gasteiger partial charge in [-0.25, -0.2) is 9.59 Å². The van der Waals surface area contributed by atoms with E-state index in [0.717, 1.165) is 14.2 Å². The number of Topliss-reactive ketones (excluding diaryl/α,β-unsaturated/α-hetero) is 2. The average Bonchev–Trinajstić information content (AvgIpc) is 3.01. The van der Waals surface area contributed by atoms with Gasteiger partial charge in [0.05, 0.1) is 25.4 Å². The molecule has 0 saturated heterocycles. The summed E-state index contributed by atoms with van der Waals surface area (Å²) >= 11 is 0. The van der Waals surface area contributed by atoms with Crippen molar-refractivity contribution in [2.24, 2.45) is 11.8 Å². The van der Waals surface area contributed by atoms with Crippen LogP contribution in [0.1, 0.15) is 37.8 Å². The van der Waals surface area contributed by atoms with Gasteiger partial charge < -0.3 is 49.6 Å². The molecule has 0 bridgehead atoms. The Morgan fingerprint density at radius 3 is 1.37 bits per heavy atom. The van der Waals surface area contributed by atoms with E-state index in [0.29, 0.717) is 0 Å². The summed E-state index contributed by atoms with van der Waals surface area (Å²) in [5.41, 5.74) is -7.25. The van der Waals surface area contributed by atoms with Crippen LogP contribution >= 0.6 is 0 Å². The number of aliphatic hydroxyl groups excluding tert-OH is 4. The summed E-state index contributed by atoms with van der Waals surface area (Å²) in [5.74, 6) is -9.01. The Balaban J connectivity index is 1.55. The number of benzene rings is 2. The lowest BCUT2D eigenvalue weighted by Gasteiger charge is -2.45. The number of carbonyl (C=O) groups is 4. The highest BCUT2D eigenvalue weighted by molar-refractivity contribution is 6.14. The number of methoxy groups -OCH3 is 2. The van der Waals surface area contributed by atoms with Crippen molar-refractivity contribution in [3.05, 3.63) is 46.5 Å². The summed E-state index contributed by atoms with van der Waals surface area (Å²) in [6.07, 6.45) is -3.72. The SMILES string of the molecule is COC(=O)C12Oc3ccc(-c4ccc5c(c4O)C(O)=C4C(=O)C[C@H](C)[C@@H](O)[C@]4(C(=O)OC)O5)c(O)c3C(O)=C1C(=O)C[C@H](C)[C@H]2O. The predicted octanol–water partition coefficient (Wildman–Crippen LogP) is 1.85. The van der Waals surface area contributed by atoms with Crippen LogP contribution in [-0.2, 0) is 28.7 Å². The number of aromatic hydroxyl groups is 2. The highest BCUT2D eigenvalue weighted by Crippen LogP contribution is 2.55. The summed E-state index contributed by atoms with van der Waals surface area (Å²) in [6.45, 7) is 3.04. The van der Waals surface area contributed by atoms with E-state index in [-0.39, 0.29) is 35.5 Å². The van der Waals surface area contributed by atoms with Crippen molar-refractivity contribution >= 4 is 35.0 Å². The van der Waals surface area contributed by atoms with Crippen LogP contribution in [0.2, 0.25) is 0 Å². The van der Waals surface area contributed by atoms with Gasteiger partial charge in [0, 0.05) is 24.0 Å². The monoisotopic (exact) mass is 638 g/mol. The molecule has 14 heteroatoms. The van der Waals surface area contributed by atoms with Crippen LogP contribution in [0.4, 0.5) is 0 Å². The van der Waals surface area contributed by atoms with Crippen molar-refractivity contribution in [1.82, 2.24) is 0 Å². The van der Waals surface area contributed by atoms with Gasteiger partial charge in [-0.3, -0.25) is 9.59 Å². The minimum Gasteiger partial charge on any atom is -0.506 e. The minimum absolute atomic E-state index is 0.163. The zero-order valence-electron chi connectivity index (χ0n) is 25.0. The second-order valence-corrected chi connectivity index (χ2v) is 11.9. The summed E-state index contributed by atoms with van der Waals surface area (Å²) in [4.78, 5) is 52.3. The number of aliphatic hydroxyl groups is 4. The fourth-order valence-electron chi connectivity index (χ4n) is 7.00. The first-order valence-electron chi connectivity index (χ1n) is 14.3. The lowest BCUT2D eigenvalue weighted by atomic mass is 9.69. The van der Waals surface area contributed by atoms with E-state index in [9.17, 15) is 49.8 Å². The molecule has 2 fully saturated rings. The van der Waals surface area contributed by atoms with Gasteiger partial charge in [0.15, 0.2) is 11.6 Å². The van der Waals surface area contributed by atoms with Crippen LogP contribution in [0.15, 0.2) is 35.4 Å². The van der Waals surface area contributed by atoms with Gasteiger partial charge in [-0.05, 0) is 36.1 Å². The second-order valence-electron chi connectivity index (χ2n) is 11.9. The van der Waals surface area contributed by atoms with Crippen molar-refractivity contribution in [3.63, 3.8) is 0 Å². The van der Waals surface area contributed by atoms with Gasteiger partial charge in [-0.15, -0.1) is 0 Å². The second kappa shape index (κ2) is 10.2. The van der Waals surface area contributed by atoms with Crippen LogP contribution in [-0.4, -0.2) is 91.8 Å². The molecule has 46 heavy (non-hydrogen) atoms. The van der Waals surface area contributed by atoms with Crippen LogP contribution < -0.4 is 9.47 Å². The van der Waals surface area contributed by atoms with Crippen molar-refractivity contribution in [2.75, 3.05) is 14.2 Å². The molecule has 242 valence electrons. The Bertz CT molecular complexity index is 1690. The maximum absolute atomic E-state index is 13.2. The number of phenolic OH excluding ortho intramolecular Hbond substituents is 2. The molecular formula is C32H30O14. The van der Waals surface area contributed by atoms with Crippen LogP contribution in [0, 0.1) is 11.8 Å². The lowest BCUT2D eigenvalue weighted by molar-refractivity contribution is -0.173. The van der Waals surface area contributed by atoms with Crippen molar-refractivity contribution in [2.45, 2.75) is 50.1 Å². The molecule has 2 aliphatic carbocycles. The molecule has 2 aromatic rings. The standard InChI is InChI=1S/C32H30O14/c1-11-9-15(33)21-25(37)19-17(45-31(21,27(11)39)29(41)43-3)7-5-13(23(19)35)14-6-8-18-20(24(14)36)26(38)22-16(34)10-12(2)28(40)32(22,46-18)30(42)44-4/h5-8,11-12,27-28,35-40H,9-10H2,1-4H3/t11-,12-,27+,28+,31+,32?/m0/s1. The fraction of sp³-hybridized carbons (Fsp3) is 0.375. The smallest absolute Gasteiger partial charge is 0.358 e. The van der Waals surface area contributed by atoms with E-state index >= 15 is 0 Å². The first kappa shape index (κ1) is 30.9. The summed E-state index contributed by atoms with van der Waals surface area (Å²) < 4.78 is 21.5. The van der Waals surface area contributed by atoms with E-state index in [1.165, 1.54) is 38.1 Å². The molecule has 2 aromatic carbocycles. The predicted molar refractivity (Wildman–Crippen MR) is 155 cm³/mol. The summed E-state index contributed by atoms with van der Waals surface area (Å²) in [5, 5.41) is 67.7. The third kappa shape index (κ3) is 3.70. The fourth-order valence-corrected chi connectivity index (χ4v) is 7.00. The first-order chi connectivity index (χ1) is 21.7. The highest BCUT2D eigenvalue weighted by atomic mass is 16.6. The molecule has 14 nitrogen and oxygen atoms in total. The number of ketones is 2. The number of esters is 2. The van der Waals surface area contributed by atoms with Gasteiger partial charge in [0.2, 0.25) is 0 Å².